The van der Waals surface area contributed by atoms with Crippen molar-refractivity contribution < 1.29 is 19.1 Å². The van der Waals surface area contributed by atoms with Crippen LogP contribution in [0.1, 0.15) is 34.6 Å². The molecule has 3 heterocycles. The van der Waals surface area contributed by atoms with Crippen molar-refractivity contribution in [2.24, 2.45) is 0 Å². The highest BCUT2D eigenvalue weighted by molar-refractivity contribution is 7.99. The van der Waals surface area contributed by atoms with Crippen molar-refractivity contribution in [3.05, 3.63) is 77.9 Å². The van der Waals surface area contributed by atoms with Crippen molar-refractivity contribution in [3.63, 3.8) is 0 Å². The molecule has 8 nitrogen and oxygen atoms in total. The fourth-order valence-corrected chi connectivity index (χ4v) is 3.95. The average molecular weight is 434 g/mol. The zero-order chi connectivity index (χ0) is 21.8. The number of hydrogen-bond acceptors (Lipinski definition) is 7. The number of urea groups is 1. The second kappa shape index (κ2) is 8.97. The van der Waals surface area contributed by atoms with Gasteiger partial charge in [-0.2, -0.15) is 0 Å². The van der Waals surface area contributed by atoms with Crippen LogP contribution in [0.15, 0.2) is 70.8 Å². The standard InChI is InChI=1S/C22H18N4O4S/c1-13(27)18-10-14(6-9-24-18)12-30-15-2-4-16(5-3-15)31-19-11-23-8-7-17(19)20-21(28)26-22(29)25-20/h2-11,20H,12H2,1H3,(H2,25,26,28,29). The molecule has 31 heavy (non-hydrogen) atoms. The Bertz CT molecular complexity index is 1150. The van der Waals surface area contributed by atoms with Gasteiger partial charge >= 0.3 is 6.03 Å². The predicted molar refractivity (Wildman–Crippen MR) is 113 cm³/mol. The van der Waals surface area contributed by atoms with Gasteiger partial charge in [0.05, 0.1) is 0 Å². The molecule has 0 saturated carbocycles. The maximum atomic E-state index is 12.0. The Hall–Kier alpha value is -3.72. The third-order valence-corrected chi connectivity index (χ3v) is 5.61. The number of benzene rings is 1. The summed E-state index contributed by atoms with van der Waals surface area (Å²) in [5.74, 6) is 0.206. The number of Topliss-reactive ketones (excluding diaryl/α,β-unsaturated/α-hetero) is 1. The minimum absolute atomic E-state index is 0.0901. The van der Waals surface area contributed by atoms with Gasteiger partial charge in [0, 0.05) is 40.9 Å². The number of imide groups is 1. The highest BCUT2D eigenvalue weighted by atomic mass is 32.2. The summed E-state index contributed by atoms with van der Waals surface area (Å²) in [6, 6.07) is 11.5. The van der Waals surface area contributed by atoms with Crippen LogP contribution in [-0.2, 0) is 11.4 Å². The number of hydrogen-bond donors (Lipinski definition) is 2. The van der Waals surface area contributed by atoms with Crippen LogP contribution in [0, 0.1) is 0 Å². The molecule has 1 aliphatic rings. The van der Waals surface area contributed by atoms with E-state index in [1.54, 1.807) is 36.8 Å². The topological polar surface area (TPSA) is 110 Å². The summed E-state index contributed by atoms with van der Waals surface area (Å²) in [6.45, 7) is 1.79. The SMILES string of the molecule is CC(=O)c1cc(COc2ccc(Sc3cnccc3C3NC(=O)NC3=O)cc2)ccn1. The van der Waals surface area contributed by atoms with Gasteiger partial charge in [-0.15, -0.1) is 0 Å². The van der Waals surface area contributed by atoms with E-state index in [4.69, 9.17) is 4.74 Å². The number of carbonyl (C=O) groups excluding carboxylic acids is 3. The Labute approximate surface area is 182 Å². The van der Waals surface area contributed by atoms with Gasteiger partial charge in [-0.05, 0) is 48.0 Å². The molecule has 2 N–H and O–H groups in total. The molecule has 1 aliphatic heterocycles. The van der Waals surface area contributed by atoms with Crippen molar-refractivity contribution in [2.75, 3.05) is 0 Å². The first kappa shape index (κ1) is 20.5. The van der Waals surface area contributed by atoms with E-state index in [-0.39, 0.29) is 11.7 Å². The molecule has 1 aromatic carbocycles. The van der Waals surface area contributed by atoms with Crippen LogP contribution in [0.25, 0.3) is 0 Å². The van der Waals surface area contributed by atoms with Crippen LogP contribution in [0.5, 0.6) is 5.75 Å². The molecule has 0 radical (unpaired) electrons. The quantitative estimate of drug-likeness (QED) is 0.434. The van der Waals surface area contributed by atoms with Gasteiger partial charge in [-0.3, -0.25) is 24.9 Å². The number of amides is 3. The molecule has 3 aromatic rings. The van der Waals surface area contributed by atoms with Gasteiger partial charge in [0.25, 0.3) is 5.91 Å². The van der Waals surface area contributed by atoms with E-state index in [9.17, 15) is 14.4 Å². The molecule has 156 valence electrons. The van der Waals surface area contributed by atoms with E-state index < -0.39 is 12.1 Å². The Morgan fingerprint density at radius 1 is 1.13 bits per heavy atom. The van der Waals surface area contributed by atoms with E-state index in [0.717, 1.165) is 15.4 Å². The number of carbonyl (C=O) groups is 3. The van der Waals surface area contributed by atoms with Crippen LogP contribution < -0.4 is 15.4 Å². The molecule has 1 saturated heterocycles. The third-order valence-electron chi connectivity index (χ3n) is 4.54. The molecular weight excluding hydrogens is 416 g/mol. The molecule has 0 spiro atoms. The number of aromatic nitrogens is 2. The summed E-state index contributed by atoms with van der Waals surface area (Å²) in [6.07, 6.45) is 4.84. The van der Waals surface area contributed by atoms with Gasteiger partial charge in [0.2, 0.25) is 0 Å². The van der Waals surface area contributed by atoms with Crippen LogP contribution in [0.4, 0.5) is 4.79 Å². The Morgan fingerprint density at radius 2 is 1.94 bits per heavy atom. The van der Waals surface area contributed by atoms with E-state index >= 15 is 0 Å². The number of pyridine rings is 2. The van der Waals surface area contributed by atoms with Crippen molar-refractivity contribution in [1.29, 1.82) is 0 Å². The largest absolute Gasteiger partial charge is 0.489 e. The molecule has 1 unspecified atom stereocenters. The number of rotatable bonds is 7. The first-order chi connectivity index (χ1) is 15.0. The van der Waals surface area contributed by atoms with Crippen LogP contribution in [-0.4, -0.2) is 27.7 Å². The fraction of sp³-hybridized carbons (Fsp3) is 0.136. The van der Waals surface area contributed by atoms with Gasteiger partial charge in [-0.1, -0.05) is 11.8 Å². The molecule has 1 atom stereocenters. The summed E-state index contributed by atoms with van der Waals surface area (Å²) < 4.78 is 5.80. The normalized spacial score (nSPS) is 15.3. The maximum absolute atomic E-state index is 12.0. The maximum Gasteiger partial charge on any atom is 0.322 e. The lowest BCUT2D eigenvalue weighted by atomic mass is 10.1. The van der Waals surface area contributed by atoms with Gasteiger partial charge in [-0.25, -0.2) is 4.79 Å². The van der Waals surface area contributed by atoms with Crippen molar-refractivity contribution in [2.45, 2.75) is 29.4 Å². The van der Waals surface area contributed by atoms with Gasteiger partial charge in [0.1, 0.15) is 24.1 Å². The molecule has 2 aromatic heterocycles. The number of nitrogens with zero attached hydrogens (tertiary/aromatic N) is 2. The lowest BCUT2D eigenvalue weighted by Crippen LogP contribution is -2.22. The average Bonchev–Trinajstić information content (AvgIpc) is 3.11. The molecular formula is C22H18N4O4S. The number of nitrogens with one attached hydrogen (secondary N) is 2. The molecule has 0 bridgehead atoms. The number of ether oxygens (including phenoxy) is 1. The second-order valence-electron chi connectivity index (χ2n) is 6.78. The molecule has 3 amide bonds. The summed E-state index contributed by atoms with van der Waals surface area (Å²) in [5, 5.41) is 4.86. The summed E-state index contributed by atoms with van der Waals surface area (Å²) in [7, 11) is 0. The first-order valence-corrected chi connectivity index (χ1v) is 10.2. The first-order valence-electron chi connectivity index (χ1n) is 9.41. The molecule has 9 heteroatoms. The van der Waals surface area contributed by atoms with Crippen LogP contribution >= 0.6 is 11.8 Å². The lowest BCUT2D eigenvalue weighted by Gasteiger charge is -2.13. The minimum Gasteiger partial charge on any atom is -0.489 e. The Kier molecular flexibility index (Phi) is 5.94. The zero-order valence-corrected chi connectivity index (χ0v) is 17.3. The summed E-state index contributed by atoms with van der Waals surface area (Å²) in [4.78, 5) is 44.8. The van der Waals surface area contributed by atoms with E-state index in [1.165, 1.54) is 18.7 Å². The van der Waals surface area contributed by atoms with Crippen LogP contribution in [0.2, 0.25) is 0 Å². The fourth-order valence-electron chi connectivity index (χ4n) is 3.00. The van der Waals surface area contributed by atoms with Crippen LogP contribution in [0.3, 0.4) is 0 Å². The summed E-state index contributed by atoms with van der Waals surface area (Å²) >= 11 is 1.44. The molecule has 1 fully saturated rings. The number of ketones is 1. The van der Waals surface area contributed by atoms with E-state index in [1.807, 2.05) is 24.3 Å². The van der Waals surface area contributed by atoms with Crippen molar-refractivity contribution >= 4 is 29.5 Å². The predicted octanol–water partition coefficient (Wildman–Crippen LogP) is 3.29. The zero-order valence-electron chi connectivity index (χ0n) is 16.5. The lowest BCUT2D eigenvalue weighted by molar-refractivity contribution is -0.120. The second-order valence-corrected chi connectivity index (χ2v) is 7.89. The minimum atomic E-state index is -0.735. The molecule has 4 rings (SSSR count). The highest BCUT2D eigenvalue weighted by Crippen LogP contribution is 2.34. The van der Waals surface area contributed by atoms with Gasteiger partial charge < -0.3 is 10.1 Å². The van der Waals surface area contributed by atoms with Crippen molar-refractivity contribution in [3.8, 4) is 5.75 Å². The molecule has 0 aliphatic carbocycles. The van der Waals surface area contributed by atoms with E-state index in [2.05, 4.69) is 20.6 Å². The smallest absolute Gasteiger partial charge is 0.322 e. The van der Waals surface area contributed by atoms with Gasteiger partial charge in [0.15, 0.2) is 5.78 Å². The highest BCUT2D eigenvalue weighted by Gasteiger charge is 2.32. The van der Waals surface area contributed by atoms with Crippen molar-refractivity contribution in [1.82, 2.24) is 20.6 Å². The monoisotopic (exact) mass is 434 g/mol. The van der Waals surface area contributed by atoms with E-state index in [0.29, 0.717) is 23.6 Å². The Balaban J connectivity index is 1.43. The Morgan fingerprint density at radius 3 is 2.65 bits per heavy atom. The summed E-state index contributed by atoms with van der Waals surface area (Å²) in [5.41, 5.74) is 1.95. The third kappa shape index (κ3) is 4.89.